The lowest BCUT2D eigenvalue weighted by Gasteiger charge is -2.17. The minimum Gasteiger partial charge on any atom is -0.489 e. The van der Waals surface area contributed by atoms with Crippen LogP contribution in [-0.2, 0) is 12.8 Å². The number of benzene rings is 4. The van der Waals surface area contributed by atoms with E-state index in [0.717, 1.165) is 41.9 Å². The van der Waals surface area contributed by atoms with Crippen LogP contribution in [0.25, 0.3) is 11.1 Å². The van der Waals surface area contributed by atoms with Gasteiger partial charge in [-0.25, -0.2) is 0 Å². The minimum absolute atomic E-state index is 0.600. The fourth-order valence-corrected chi connectivity index (χ4v) is 3.56. The molecule has 4 rings (SSSR count). The Morgan fingerprint density at radius 3 is 1.87 bits per heavy atom. The van der Waals surface area contributed by atoms with E-state index in [-0.39, 0.29) is 0 Å². The number of aryl methyl sites for hydroxylation is 1. The van der Waals surface area contributed by atoms with Crippen molar-refractivity contribution in [3.8, 4) is 22.6 Å². The third-order valence-corrected chi connectivity index (χ3v) is 5.17. The van der Waals surface area contributed by atoms with Gasteiger partial charge in [-0.2, -0.15) is 0 Å². The summed E-state index contributed by atoms with van der Waals surface area (Å²) in [6, 6.07) is 38.4. The fourth-order valence-electron chi connectivity index (χ4n) is 3.56. The standard InChI is InChI=1S/C29H27O2/c1-4-12-24(13-5-1)16-11-22-31-29-27(26-17-8-3-9-18-26)19-10-20-28(29)30-23-21-25-14-6-2-7-15-25/h1-10,12-15,17-18,20H,11,16,21-23H2. The van der Waals surface area contributed by atoms with E-state index in [2.05, 4.69) is 66.7 Å². The van der Waals surface area contributed by atoms with Crippen LogP contribution in [0.4, 0.5) is 0 Å². The Morgan fingerprint density at radius 2 is 1.19 bits per heavy atom. The van der Waals surface area contributed by atoms with E-state index in [9.17, 15) is 0 Å². The highest BCUT2D eigenvalue weighted by molar-refractivity contribution is 5.73. The van der Waals surface area contributed by atoms with E-state index in [1.54, 1.807) is 0 Å². The van der Waals surface area contributed by atoms with Crippen molar-refractivity contribution in [1.82, 2.24) is 0 Å². The SMILES string of the molecule is [c]1ccc(OCCc2ccccc2)c(OCCCc2ccccc2)c1-c1ccccc1. The van der Waals surface area contributed by atoms with Crippen molar-refractivity contribution >= 4 is 0 Å². The van der Waals surface area contributed by atoms with Crippen LogP contribution in [0.1, 0.15) is 17.5 Å². The van der Waals surface area contributed by atoms with Crippen molar-refractivity contribution in [2.24, 2.45) is 0 Å². The van der Waals surface area contributed by atoms with Gasteiger partial charge in [-0.1, -0.05) is 91.0 Å². The Bertz CT molecular complexity index is 1040. The van der Waals surface area contributed by atoms with Crippen LogP contribution >= 0.6 is 0 Å². The van der Waals surface area contributed by atoms with Crippen LogP contribution in [0.2, 0.25) is 0 Å². The summed E-state index contributed by atoms with van der Waals surface area (Å²) in [4.78, 5) is 0. The topological polar surface area (TPSA) is 18.5 Å². The van der Waals surface area contributed by atoms with Crippen LogP contribution in [0.15, 0.2) is 103 Å². The first-order chi connectivity index (χ1) is 15.4. The maximum Gasteiger partial charge on any atom is 0.169 e. The lowest BCUT2D eigenvalue weighted by Crippen LogP contribution is -2.06. The molecule has 0 N–H and O–H groups in total. The van der Waals surface area contributed by atoms with E-state index in [1.807, 2.05) is 42.5 Å². The van der Waals surface area contributed by atoms with Crippen LogP contribution < -0.4 is 9.47 Å². The Morgan fingerprint density at radius 1 is 0.581 bits per heavy atom. The van der Waals surface area contributed by atoms with Gasteiger partial charge in [0.25, 0.3) is 0 Å². The second-order valence-corrected chi connectivity index (χ2v) is 7.43. The molecule has 0 saturated heterocycles. The average molecular weight is 408 g/mol. The predicted octanol–water partition coefficient (Wildman–Crippen LogP) is 6.79. The smallest absolute Gasteiger partial charge is 0.169 e. The molecule has 2 heteroatoms. The quantitative estimate of drug-likeness (QED) is 0.270. The molecule has 0 spiro atoms. The molecule has 0 fully saturated rings. The molecule has 0 aliphatic carbocycles. The fraction of sp³-hybridized carbons (Fsp3) is 0.172. The summed E-state index contributed by atoms with van der Waals surface area (Å²) in [5.41, 5.74) is 4.61. The molecule has 0 unspecified atom stereocenters. The molecule has 0 aromatic heterocycles. The maximum absolute atomic E-state index is 6.29. The van der Waals surface area contributed by atoms with Crippen LogP contribution in [-0.4, -0.2) is 13.2 Å². The van der Waals surface area contributed by atoms with E-state index >= 15 is 0 Å². The summed E-state index contributed by atoms with van der Waals surface area (Å²) in [5, 5.41) is 0. The molecule has 0 atom stereocenters. The van der Waals surface area contributed by atoms with Crippen molar-refractivity contribution in [3.63, 3.8) is 0 Å². The van der Waals surface area contributed by atoms with Crippen LogP contribution in [0.5, 0.6) is 11.5 Å². The second-order valence-electron chi connectivity index (χ2n) is 7.43. The highest BCUT2D eigenvalue weighted by atomic mass is 16.5. The number of hydrogen-bond acceptors (Lipinski definition) is 2. The zero-order valence-electron chi connectivity index (χ0n) is 17.7. The largest absolute Gasteiger partial charge is 0.489 e. The molecule has 4 aromatic carbocycles. The molecule has 0 aliphatic heterocycles. The van der Waals surface area contributed by atoms with Gasteiger partial charge in [0.2, 0.25) is 0 Å². The molecule has 1 radical (unpaired) electrons. The lowest BCUT2D eigenvalue weighted by molar-refractivity contribution is 0.268. The number of hydrogen-bond donors (Lipinski definition) is 0. The third kappa shape index (κ3) is 5.99. The Balaban J connectivity index is 1.47. The van der Waals surface area contributed by atoms with Crippen LogP contribution in [0, 0.1) is 6.07 Å². The molecular formula is C29H27O2. The summed E-state index contributed by atoms with van der Waals surface area (Å²) in [6.07, 6.45) is 2.78. The predicted molar refractivity (Wildman–Crippen MR) is 127 cm³/mol. The maximum atomic E-state index is 6.29. The molecular weight excluding hydrogens is 380 g/mol. The molecule has 0 aliphatic rings. The first-order valence-electron chi connectivity index (χ1n) is 10.8. The van der Waals surface area contributed by atoms with E-state index < -0.39 is 0 Å². The summed E-state index contributed by atoms with van der Waals surface area (Å²) >= 11 is 0. The van der Waals surface area contributed by atoms with E-state index in [1.165, 1.54) is 11.1 Å². The van der Waals surface area contributed by atoms with E-state index in [4.69, 9.17) is 9.47 Å². The molecule has 0 heterocycles. The van der Waals surface area contributed by atoms with Gasteiger partial charge in [0, 0.05) is 12.0 Å². The van der Waals surface area contributed by atoms with Gasteiger partial charge >= 0.3 is 0 Å². The molecule has 0 saturated carbocycles. The molecule has 2 nitrogen and oxygen atoms in total. The van der Waals surface area contributed by atoms with Crippen molar-refractivity contribution in [1.29, 1.82) is 0 Å². The van der Waals surface area contributed by atoms with Gasteiger partial charge < -0.3 is 9.47 Å². The van der Waals surface area contributed by atoms with Crippen molar-refractivity contribution in [3.05, 3.63) is 120 Å². The van der Waals surface area contributed by atoms with Crippen molar-refractivity contribution in [2.45, 2.75) is 19.3 Å². The zero-order chi connectivity index (χ0) is 21.1. The molecule has 4 aromatic rings. The third-order valence-electron chi connectivity index (χ3n) is 5.17. The lowest BCUT2D eigenvalue weighted by atomic mass is 10.0. The minimum atomic E-state index is 0.600. The highest BCUT2D eigenvalue weighted by Crippen LogP contribution is 2.38. The van der Waals surface area contributed by atoms with Crippen molar-refractivity contribution < 1.29 is 9.47 Å². The highest BCUT2D eigenvalue weighted by Gasteiger charge is 2.13. The zero-order valence-corrected chi connectivity index (χ0v) is 17.7. The number of rotatable bonds is 10. The van der Waals surface area contributed by atoms with Crippen molar-refractivity contribution in [2.75, 3.05) is 13.2 Å². The van der Waals surface area contributed by atoms with Gasteiger partial charge in [0.1, 0.15) is 0 Å². The molecule has 0 bridgehead atoms. The van der Waals surface area contributed by atoms with Gasteiger partial charge in [-0.05, 0) is 47.7 Å². The molecule has 31 heavy (non-hydrogen) atoms. The van der Waals surface area contributed by atoms with Gasteiger partial charge in [-0.15, -0.1) is 0 Å². The molecule has 0 amide bonds. The first-order valence-corrected chi connectivity index (χ1v) is 10.8. The first kappa shape index (κ1) is 20.7. The molecule has 155 valence electrons. The monoisotopic (exact) mass is 407 g/mol. The van der Waals surface area contributed by atoms with Gasteiger partial charge in [0.05, 0.1) is 13.2 Å². The second kappa shape index (κ2) is 11.0. The van der Waals surface area contributed by atoms with Crippen LogP contribution in [0.3, 0.4) is 0 Å². The summed E-state index contributed by atoms with van der Waals surface area (Å²) in [6.45, 7) is 1.23. The summed E-state index contributed by atoms with van der Waals surface area (Å²) in [7, 11) is 0. The van der Waals surface area contributed by atoms with Gasteiger partial charge in [0.15, 0.2) is 11.5 Å². The van der Waals surface area contributed by atoms with E-state index in [0.29, 0.717) is 13.2 Å². The summed E-state index contributed by atoms with van der Waals surface area (Å²) in [5.74, 6) is 1.54. The Hall–Kier alpha value is -3.52. The Kier molecular flexibility index (Phi) is 7.38. The Labute approximate surface area is 185 Å². The summed E-state index contributed by atoms with van der Waals surface area (Å²) < 4.78 is 12.5. The normalized spacial score (nSPS) is 10.6. The number of ether oxygens (including phenoxy) is 2. The average Bonchev–Trinajstić information content (AvgIpc) is 2.84. The van der Waals surface area contributed by atoms with Gasteiger partial charge in [-0.3, -0.25) is 0 Å².